The lowest BCUT2D eigenvalue weighted by Crippen LogP contribution is -2.30. The number of carbonyl (C=O) groups is 2. The van der Waals surface area contributed by atoms with Gasteiger partial charge in [0.2, 0.25) is 0 Å². The maximum Gasteiger partial charge on any atom is 0.307 e. The summed E-state index contributed by atoms with van der Waals surface area (Å²) in [7, 11) is 2.91. The van der Waals surface area contributed by atoms with Crippen molar-refractivity contribution < 1.29 is 19.1 Å². The second-order valence-electron chi connectivity index (χ2n) is 5.45. The van der Waals surface area contributed by atoms with Crippen LogP contribution in [0.1, 0.15) is 33.9 Å². The van der Waals surface area contributed by atoms with Crippen LogP contribution < -0.4 is 10.1 Å². The van der Waals surface area contributed by atoms with Crippen LogP contribution in [0.4, 0.5) is 0 Å². The molecule has 0 heterocycles. The average Bonchev–Trinajstić information content (AvgIpc) is 2.61. The first kappa shape index (κ1) is 17.5. The van der Waals surface area contributed by atoms with E-state index in [0.29, 0.717) is 11.3 Å². The molecule has 0 bridgehead atoms. The normalized spacial score (nSPS) is 11.5. The van der Waals surface area contributed by atoms with E-state index < -0.39 is 6.04 Å². The molecule has 0 saturated carbocycles. The smallest absolute Gasteiger partial charge is 0.307 e. The summed E-state index contributed by atoms with van der Waals surface area (Å²) in [5.41, 5.74) is 2.43. The van der Waals surface area contributed by atoms with Crippen LogP contribution >= 0.6 is 0 Å². The molecule has 24 heavy (non-hydrogen) atoms. The molecule has 5 nitrogen and oxygen atoms in total. The molecule has 2 aromatic carbocycles. The van der Waals surface area contributed by atoms with Gasteiger partial charge in [-0.05, 0) is 36.8 Å². The van der Waals surface area contributed by atoms with Crippen LogP contribution in [0.3, 0.4) is 0 Å². The highest BCUT2D eigenvalue weighted by Gasteiger charge is 2.19. The number of carbonyl (C=O) groups excluding carboxylic acids is 2. The van der Waals surface area contributed by atoms with Gasteiger partial charge >= 0.3 is 5.97 Å². The highest BCUT2D eigenvalue weighted by Crippen LogP contribution is 2.21. The summed E-state index contributed by atoms with van der Waals surface area (Å²) in [5, 5.41) is 2.89. The summed E-state index contributed by atoms with van der Waals surface area (Å²) in [4.78, 5) is 24.1. The minimum atomic E-state index is -0.475. The molecule has 0 radical (unpaired) electrons. The Hall–Kier alpha value is -2.82. The number of benzene rings is 2. The van der Waals surface area contributed by atoms with Gasteiger partial charge in [-0.15, -0.1) is 0 Å². The third-order valence-electron chi connectivity index (χ3n) is 3.74. The number of hydrogen-bond acceptors (Lipinski definition) is 4. The number of aryl methyl sites for hydroxylation is 1. The lowest BCUT2D eigenvalue weighted by molar-refractivity contribution is -0.141. The molecule has 0 aromatic heterocycles. The predicted octanol–water partition coefficient (Wildman–Crippen LogP) is 3.04. The Morgan fingerprint density at radius 3 is 2.17 bits per heavy atom. The molecule has 0 spiro atoms. The van der Waals surface area contributed by atoms with Gasteiger partial charge < -0.3 is 14.8 Å². The molecule has 0 saturated heterocycles. The van der Waals surface area contributed by atoms with Crippen LogP contribution in [-0.2, 0) is 9.53 Å². The number of esters is 1. The third-order valence-corrected chi connectivity index (χ3v) is 3.74. The molecule has 1 amide bonds. The van der Waals surface area contributed by atoms with Gasteiger partial charge in [-0.25, -0.2) is 0 Å². The van der Waals surface area contributed by atoms with E-state index in [-0.39, 0.29) is 18.3 Å². The Morgan fingerprint density at radius 1 is 1.00 bits per heavy atom. The second kappa shape index (κ2) is 8.15. The molecule has 0 aliphatic rings. The van der Waals surface area contributed by atoms with Crippen molar-refractivity contribution in [3.63, 3.8) is 0 Å². The van der Waals surface area contributed by atoms with Crippen molar-refractivity contribution >= 4 is 11.9 Å². The van der Waals surface area contributed by atoms with E-state index >= 15 is 0 Å². The van der Waals surface area contributed by atoms with Crippen molar-refractivity contribution in [2.24, 2.45) is 0 Å². The molecule has 2 aromatic rings. The van der Waals surface area contributed by atoms with Gasteiger partial charge in [-0.3, -0.25) is 9.59 Å². The number of rotatable bonds is 6. The first-order chi connectivity index (χ1) is 11.5. The minimum absolute atomic E-state index is 0.0560. The Bertz CT molecular complexity index is 692. The molecular weight excluding hydrogens is 306 g/mol. The van der Waals surface area contributed by atoms with Crippen molar-refractivity contribution in [1.29, 1.82) is 0 Å². The average molecular weight is 327 g/mol. The van der Waals surface area contributed by atoms with Crippen LogP contribution in [0.25, 0.3) is 0 Å². The van der Waals surface area contributed by atoms with Gasteiger partial charge in [0.15, 0.2) is 0 Å². The lowest BCUT2D eigenvalue weighted by Gasteiger charge is -2.18. The molecule has 0 aliphatic heterocycles. The highest BCUT2D eigenvalue weighted by molar-refractivity contribution is 5.94. The maximum atomic E-state index is 12.4. The molecule has 1 atom stereocenters. The predicted molar refractivity (Wildman–Crippen MR) is 91.0 cm³/mol. The maximum absolute atomic E-state index is 12.4. The largest absolute Gasteiger partial charge is 0.497 e. The second-order valence-corrected chi connectivity index (χ2v) is 5.45. The van der Waals surface area contributed by atoms with Crippen LogP contribution in [-0.4, -0.2) is 26.1 Å². The topological polar surface area (TPSA) is 64.6 Å². The SMILES string of the molecule is COC(=O)CC(NC(=O)c1ccc(C)cc1)c1ccc(OC)cc1. The number of methoxy groups -OCH3 is 2. The van der Waals surface area contributed by atoms with E-state index in [4.69, 9.17) is 9.47 Å². The van der Waals surface area contributed by atoms with Crippen molar-refractivity contribution in [3.8, 4) is 5.75 Å². The zero-order chi connectivity index (χ0) is 17.5. The molecule has 0 aliphatic carbocycles. The third kappa shape index (κ3) is 4.59. The van der Waals surface area contributed by atoms with Crippen LogP contribution in [0.15, 0.2) is 48.5 Å². The summed E-state index contributed by atoms with van der Waals surface area (Å²) in [6.45, 7) is 1.96. The molecule has 1 N–H and O–H groups in total. The molecule has 1 unspecified atom stereocenters. The van der Waals surface area contributed by atoms with Crippen molar-refractivity contribution in [2.45, 2.75) is 19.4 Å². The van der Waals surface area contributed by atoms with Crippen LogP contribution in [0, 0.1) is 6.92 Å². The molecule has 5 heteroatoms. The number of amides is 1. The Labute approximate surface area is 141 Å². The Balaban J connectivity index is 2.19. The van der Waals surface area contributed by atoms with Crippen LogP contribution in [0.2, 0.25) is 0 Å². The number of nitrogens with one attached hydrogen (secondary N) is 1. The quantitative estimate of drug-likeness (QED) is 0.828. The summed E-state index contributed by atoms with van der Waals surface area (Å²) < 4.78 is 9.87. The van der Waals surface area contributed by atoms with E-state index in [1.54, 1.807) is 31.4 Å². The minimum Gasteiger partial charge on any atom is -0.497 e. The standard InChI is InChI=1S/C19H21NO4/c1-13-4-6-15(7-5-13)19(22)20-17(12-18(21)24-3)14-8-10-16(23-2)11-9-14/h4-11,17H,12H2,1-3H3,(H,20,22). The lowest BCUT2D eigenvalue weighted by atomic mass is 10.0. The van der Waals surface area contributed by atoms with Gasteiger partial charge in [0.05, 0.1) is 26.7 Å². The summed E-state index contributed by atoms with van der Waals surface area (Å²) in [6, 6.07) is 14.0. The first-order valence-corrected chi connectivity index (χ1v) is 7.61. The van der Waals surface area contributed by atoms with Gasteiger partial charge in [-0.1, -0.05) is 29.8 Å². The van der Waals surface area contributed by atoms with Gasteiger partial charge in [0, 0.05) is 5.56 Å². The monoisotopic (exact) mass is 327 g/mol. The summed E-state index contributed by atoms with van der Waals surface area (Å²) in [6.07, 6.45) is 0.0560. The molecular formula is C19H21NO4. The van der Waals surface area contributed by atoms with Crippen LogP contribution in [0.5, 0.6) is 5.75 Å². The van der Waals surface area contributed by atoms with E-state index in [2.05, 4.69) is 5.32 Å². The van der Waals surface area contributed by atoms with E-state index in [9.17, 15) is 9.59 Å². The zero-order valence-electron chi connectivity index (χ0n) is 14.0. The number of ether oxygens (including phenoxy) is 2. The summed E-state index contributed by atoms with van der Waals surface area (Å²) >= 11 is 0. The molecule has 0 fully saturated rings. The number of hydrogen-bond donors (Lipinski definition) is 1. The summed E-state index contributed by atoms with van der Waals surface area (Å²) in [5.74, 6) is 0.0835. The van der Waals surface area contributed by atoms with Crippen molar-refractivity contribution in [1.82, 2.24) is 5.32 Å². The fourth-order valence-corrected chi connectivity index (χ4v) is 2.28. The Morgan fingerprint density at radius 2 is 1.62 bits per heavy atom. The van der Waals surface area contributed by atoms with Gasteiger partial charge in [-0.2, -0.15) is 0 Å². The van der Waals surface area contributed by atoms with Gasteiger partial charge in [0.25, 0.3) is 5.91 Å². The van der Waals surface area contributed by atoms with E-state index in [1.165, 1.54) is 7.11 Å². The Kier molecular flexibility index (Phi) is 5.95. The fourth-order valence-electron chi connectivity index (χ4n) is 2.28. The molecule has 126 valence electrons. The zero-order valence-corrected chi connectivity index (χ0v) is 14.0. The first-order valence-electron chi connectivity index (χ1n) is 7.61. The fraction of sp³-hybridized carbons (Fsp3) is 0.263. The van der Waals surface area contributed by atoms with Crippen molar-refractivity contribution in [2.75, 3.05) is 14.2 Å². The molecule has 2 rings (SSSR count). The van der Waals surface area contributed by atoms with E-state index in [0.717, 1.165) is 11.1 Å². The van der Waals surface area contributed by atoms with E-state index in [1.807, 2.05) is 31.2 Å². The highest BCUT2D eigenvalue weighted by atomic mass is 16.5. The van der Waals surface area contributed by atoms with Crippen molar-refractivity contribution in [3.05, 3.63) is 65.2 Å². The van der Waals surface area contributed by atoms with Gasteiger partial charge in [0.1, 0.15) is 5.75 Å².